The molecule has 4 N–H and O–H groups in total. The van der Waals surface area contributed by atoms with Crippen LogP contribution >= 0.6 is 0 Å². The second-order valence-electron chi connectivity index (χ2n) is 3.73. The van der Waals surface area contributed by atoms with Crippen LogP contribution in [0.1, 0.15) is 24.5 Å². The van der Waals surface area contributed by atoms with Crippen molar-refractivity contribution in [1.82, 2.24) is 0 Å². The molecule has 0 saturated carbocycles. The molecule has 0 bridgehead atoms. The van der Waals surface area contributed by atoms with Gasteiger partial charge in [-0.15, -0.1) is 0 Å². The molecule has 3 nitrogen and oxygen atoms in total. The molecule has 1 heterocycles. The first-order valence-electron chi connectivity index (χ1n) is 5.00. The molecule has 1 aliphatic rings. The van der Waals surface area contributed by atoms with Gasteiger partial charge in [0.15, 0.2) is 0 Å². The summed E-state index contributed by atoms with van der Waals surface area (Å²) in [6.45, 7) is 0.617. The van der Waals surface area contributed by atoms with E-state index in [9.17, 15) is 0 Å². The normalized spacial score (nSPS) is 26.6. The largest absolute Gasteiger partial charge is 0.399 e. The van der Waals surface area contributed by atoms with Crippen LogP contribution in [-0.4, -0.2) is 12.6 Å². The van der Waals surface area contributed by atoms with Crippen LogP contribution in [0.2, 0.25) is 0 Å². The highest BCUT2D eigenvalue weighted by Crippen LogP contribution is 2.32. The van der Waals surface area contributed by atoms with Crippen molar-refractivity contribution in [3.63, 3.8) is 0 Å². The molecule has 76 valence electrons. The van der Waals surface area contributed by atoms with Gasteiger partial charge in [0.05, 0.1) is 12.2 Å². The monoisotopic (exact) mass is 192 g/mol. The molecule has 0 aromatic heterocycles. The van der Waals surface area contributed by atoms with E-state index in [2.05, 4.69) is 0 Å². The summed E-state index contributed by atoms with van der Waals surface area (Å²) in [5.41, 5.74) is 13.2. The summed E-state index contributed by atoms with van der Waals surface area (Å²) in [7, 11) is 0. The van der Waals surface area contributed by atoms with Crippen molar-refractivity contribution in [2.75, 3.05) is 12.3 Å². The first kappa shape index (κ1) is 9.49. The molecule has 0 radical (unpaired) electrons. The highest BCUT2D eigenvalue weighted by molar-refractivity contribution is 5.40. The van der Waals surface area contributed by atoms with Gasteiger partial charge in [0.25, 0.3) is 0 Å². The molecule has 1 aromatic carbocycles. The average molecular weight is 192 g/mol. The topological polar surface area (TPSA) is 61.3 Å². The Kier molecular flexibility index (Phi) is 2.70. The Morgan fingerprint density at radius 1 is 1.21 bits per heavy atom. The molecule has 1 aromatic rings. The van der Waals surface area contributed by atoms with Crippen LogP contribution in [0, 0.1) is 0 Å². The van der Waals surface area contributed by atoms with Crippen molar-refractivity contribution in [2.45, 2.75) is 25.0 Å². The molecule has 1 saturated heterocycles. The minimum Gasteiger partial charge on any atom is -0.399 e. The number of nitrogen functional groups attached to an aromatic ring is 1. The Morgan fingerprint density at radius 3 is 2.50 bits per heavy atom. The lowest BCUT2D eigenvalue weighted by Gasteiger charge is -2.12. The Labute approximate surface area is 84.0 Å². The molecule has 2 atom stereocenters. The zero-order chi connectivity index (χ0) is 9.97. The molecule has 0 spiro atoms. The first-order chi connectivity index (χ1) is 6.79. The maximum atomic E-state index is 5.77. The van der Waals surface area contributed by atoms with Gasteiger partial charge in [-0.1, -0.05) is 12.1 Å². The van der Waals surface area contributed by atoms with Crippen LogP contribution in [0.3, 0.4) is 0 Å². The number of rotatable bonds is 2. The van der Waals surface area contributed by atoms with E-state index >= 15 is 0 Å². The van der Waals surface area contributed by atoms with Gasteiger partial charge in [-0.3, -0.25) is 0 Å². The summed E-state index contributed by atoms with van der Waals surface area (Å²) in [6.07, 6.45) is 2.57. The number of hydrogen-bond donors (Lipinski definition) is 2. The van der Waals surface area contributed by atoms with Crippen LogP contribution in [0.4, 0.5) is 5.69 Å². The predicted molar refractivity (Wildman–Crippen MR) is 56.8 cm³/mol. The van der Waals surface area contributed by atoms with Crippen LogP contribution in [0.25, 0.3) is 0 Å². The molecule has 1 aliphatic heterocycles. The number of anilines is 1. The van der Waals surface area contributed by atoms with Gasteiger partial charge < -0.3 is 16.2 Å². The quantitative estimate of drug-likeness (QED) is 0.697. The van der Waals surface area contributed by atoms with Crippen LogP contribution in [-0.2, 0) is 4.74 Å². The molecular weight excluding hydrogens is 176 g/mol. The fourth-order valence-corrected chi connectivity index (χ4v) is 1.83. The SMILES string of the molecule is NC[C@H]1CC[C@@H](c2ccc(N)cc2)O1. The average Bonchev–Trinajstić information content (AvgIpc) is 2.67. The minimum atomic E-state index is 0.212. The van der Waals surface area contributed by atoms with Crippen molar-refractivity contribution in [3.05, 3.63) is 29.8 Å². The van der Waals surface area contributed by atoms with Crippen molar-refractivity contribution in [2.24, 2.45) is 5.73 Å². The second kappa shape index (κ2) is 3.98. The lowest BCUT2D eigenvalue weighted by atomic mass is 10.1. The van der Waals surface area contributed by atoms with E-state index in [0.717, 1.165) is 18.5 Å². The number of hydrogen-bond acceptors (Lipinski definition) is 3. The molecular formula is C11H16N2O. The maximum absolute atomic E-state index is 5.77. The van der Waals surface area contributed by atoms with E-state index in [1.54, 1.807) is 0 Å². The van der Waals surface area contributed by atoms with Crippen LogP contribution < -0.4 is 11.5 Å². The molecule has 3 heteroatoms. The van der Waals surface area contributed by atoms with Crippen molar-refractivity contribution >= 4 is 5.69 Å². The Balaban J connectivity index is 2.06. The van der Waals surface area contributed by atoms with Gasteiger partial charge in [-0.25, -0.2) is 0 Å². The summed E-state index contributed by atoms with van der Waals surface area (Å²) in [5, 5.41) is 0. The first-order valence-corrected chi connectivity index (χ1v) is 5.00. The van der Waals surface area contributed by atoms with Gasteiger partial charge in [-0.05, 0) is 30.5 Å². The molecule has 14 heavy (non-hydrogen) atoms. The summed E-state index contributed by atoms with van der Waals surface area (Å²) in [4.78, 5) is 0. The molecule has 0 unspecified atom stereocenters. The number of benzene rings is 1. The molecule has 0 aliphatic carbocycles. The van der Waals surface area contributed by atoms with E-state index in [1.165, 1.54) is 5.56 Å². The minimum absolute atomic E-state index is 0.212. The lowest BCUT2D eigenvalue weighted by Crippen LogP contribution is -2.18. The van der Waals surface area contributed by atoms with Gasteiger partial charge in [-0.2, -0.15) is 0 Å². The fraction of sp³-hybridized carbons (Fsp3) is 0.455. The van der Waals surface area contributed by atoms with E-state index in [4.69, 9.17) is 16.2 Å². The Hall–Kier alpha value is -1.06. The van der Waals surface area contributed by atoms with Crippen LogP contribution in [0.5, 0.6) is 0 Å². The number of ether oxygens (including phenoxy) is 1. The van der Waals surface area contributed by atoms with Crippen LogP contribution in [0.15, 0.2) is 24.3 Å². The summed E-state index contributed by atoms with van der Waals surface area (Å²) in [5.74, 6) is 0. The molecule has 2 rings (SSSR count). The predicted octanol–water partition coefficient (Wildman–Crippen LogP) is 1.45. The van der Waals surface area contributed by atoms with Crippen molar-refractivity contribution in [3.8, 4) is 0 Å². The third-order valence-corrected chi connectivity index (χ3v) is 2.68. The summed E-state index contributed by atoms with van der Waals surface area (Å²) in [6, 6.07) is 7.88. The van der Waals surface area contributed by atoms with E-state index < -0.39 is 0 Å². The van der Waals surface area contributed by atoms with Crippen molar-refractivity contribution in [1.29, 1.82) is 0 Å². The summed E-state index contributed by atoms with van der Waals surface area (Å²) < 4.78 is 5.77. The van der Waals surface area contributed by atoms with E-state index in [0.29, 0.717) is 6.54 Å². The van der Waals surface area contributed by atoms with Crippen molar-refractivity contribution < 1.29 is 4.74 Å². The fourth-order valence-electron chi connectivity index (χ4n) is 1.83. The second-order valence-corrected chi connectivity index (χ2v) is 3.73. The maximum Gasteiger partial charge on any atom is 0.0830 e. The standard InChI is InChI=1S/C11H16N2O/c12-7-10-5-6-11(14-10)8-1-3-9(13)4-2-8/h1-4,10-11H,5-7,12-13H2/t10-,11+/m1/s1. The van der Waals surface area contributed by atoms with E-state index in [1.807, 2.05) is 24.3 Å². The van der Waals surface area contributed by atoms with E-state index in [-0.39, 0.29) is 12.2 Å². The van der Waals surface area contributed by atoms with Gasteiger partial charge in [0, 0.05) is 12.2 Å². The Bertz CT molecular complexity index is 297. The number of nitrogens with two attached hydrogens (primary N) is 2. The highest BCUT2D eigenvalue weighted by atomic mass is 16.5. The zero-order valence-corrected chi connectivity index (χ0v) is 8.15. The zero-order valence-electron chi connectivity index (χ0n) is 8.15. The van der Waals surface area contributed by atoms with Gasteiger partial charge >= 0.3 is 0 Å². The lowest BCUT2D eigenvalue weighted by molar-refractivity contribution is 0.0498. The molecule has 1 fully saturated rings. The van der Waals surface area contributed by atoms with Gasteiger partial charge in [0.2, 0.25) is 0 Å². The third kappa shape index (κ3) is 1.89. The van der Waals surface area contributed by atoms with Gasteiger partial charge in [0.1, 0.15) is 0 Å². The third-order valence-electron chi connectivity index (χ3n) is 2.68. The smallest absolute Gasteiger partial charge is 0.0830 e. The Morgan fingerprint density at radius 2 is 1.93 bits per heavy atom. The summed E-state index contributed by atoms with van der Waals surface area (Å²) >= 11 is 0. The molecule has 0 amide bonds. The highest BCUT2D eigenvalue weighted by Gasteiger charge is 2.24.